The van der Waals surface area contributed by atoms with Crippen molar-refractivity contribution >= 4 is 32.3 Å². The molecule has 0 aliphatic rings. The van der Waals surface area contributed by atoms with Crippen LogP contribution in [-0.2, 0) is 0 Å². The van der Waals surface area contributed by atoms with E-state index in [0.29, 0.717) is 17.5 Å². The lowest BCUT2D eigenvalue weighted by atomic mass is 9.98. The number of fused-ring (bicyclic) bond motifs is 3. The summed E-state index contributed by atoms with van der Waals surface area (Å²) in [5, 5.41) is 7.17. The molecule has 0 unspecified atom stereocenters. The molecule has 0 aliphatic carbocycles. The Morgan fingerprint density at radius 1 is 0.238 bits per heavy atom. The van der Waals surface area contributed by atoms with Crippen molar-refractivity contribution in [2.24, 2.45) is 0 Å². The quantitative estimate of drug-likeness (QED) is 0.225. The third kappa shape index (κ3) is 4.47. The molecular weight excluding hydrogens is 510 g/mol. The fraction of sp³-hybridized carbons (Fsp3) is 0. The first-order chi connectivity index (χ1) is 20.8. The van der Waals surface area contributed by atoms with Gasteiger partial charge in [-0.15, -0.1) is 0 Å². The van der Waals surface area contributed by atoms with Gasteiger partial charge in [0.05, 0.1) is 0 Å². The summed E-state index contributed by atoms with van der Waals surface area (Å²) < 4.78 is 0. The molecule has 0 N–H and O–H groups in total. The second-order valence-electron chi connectivity index (χ2n) is 10.6. The fourth-order valence-corrected chi connectivity index (χ4v) is 5.61. The highest BCUT2D eigenvalue weighted by atomic mass is 15.0. The van der Waals surface area contributed by atoms with Crippen LogP contribution in [0.4, 0.5) is 0 Å². The Bertz CT molecular complexity index is 2250. The van der Waals surface area contributed by atoms with Crippen molar-refractivity contribution < 1.29 is 0 Å². The third-order valence-corrected chi connectivity index (χ3v) is 7.86. The highest BCUT2D eigenvalue weighted by molar-refractivity contribution is 5.93. The Balaban J connectivity index is 1.23. The standard InChI is InChI=1S/C39H25N3/c1-2-10-28(11-3-1)37-40-38(35-20-15-27-9-5-7-13-30(27)24-35)42-39(41-37)36-21-19-33-23-32(17-18-34(33)25-36)31-16-14-26-8-4-6-12-29(26)22-31/h1-25H. The van der Waals surface area contributed by atoms with Crippen LogP contribution in [0.5, 0.6) is 0 Å². The average Bonchev–Trinajstić information content (AvgIpc) is 3.07. The lowest BCUT2D eigenvalue weighted by molar-refractivity contribution is 1.08. The molecule has 0 saturated heterocycles. The lowest BCUT2D eigenvalue weighted by Crippen LogP contribution is -2.00. The molecule has 0 spiro atoms. The Morgan fingerprint density at radius 3 is 1.07 bits per heavy atom. The topological polar surface area (TPSA) is 38.7 Å². The molecule has 0 radical (unpaired) electrons. The fourth-order valence-electron chi connectivity index (χ4n) is 5.61. The van der Waals surface area contributed by atoms with Gasteiger partial charge in [-0.25, -0.2) is 15.0 Å². The van der Waals surface area contributed by atoms with E-state index in [1.807, 2.05) is 30.3 Å². The van der Waals surface area contributed by atoms with Crippen molar-refractivity contribution in [1.29, 1.82) is 0 Å². The summed E-state index contributed by atoms with van der Waals surface area (Å²) in [7, 11) is 0. The van der Waals surface area contributed by atoms with Gasteiger partial charge in [0, 0.05) is 16.7 Å². The van der Waals surface area contributed by atoms with Crippen LogP contribution in [0.25, 0.3) is 77.6 Å². The number of rotatable bonds is 4. The van der Waals surface area contributed by atoms with Gasteiger partial charge in [0.25, 0.3) is 0 Å². The van der Waals surface area contributed by atoms with E-state index < -0.39 is 0 Å². The van der Waals surface area contributed by atoms with Gasteiger partial charge < -0.3 is 0 Å². The maximum Gasteiger partial charge on any atom is 0.164 e. The van der Waals surface area contributed by atoms with Crippen LogP contribution >= 0.6 is 0 Å². The van der Waals surface area contributed by atoms with Crippen molar-refractivity contribution in [2.45, 2.75) is 0 Å². The summed E-state index contributed by atoms with van der Waals surface area (Å²) in [6.45, 7) is 0. The molecule has 0 atom stereocenters. The zero-order valence-electron chi connectivity index (χ0n) is 22.8. The molecule has 3 nitrogen and oxygen atoms in total. The van der Waals surface area contributed by atoms with E-state index in [1.54, 1.807) is 0 Å². The molecule has 7 aromatic carbocycles. The summed E-state index contributed by atoms with van der Waals surface area (Å²) in [5.74, 6) is 1.99. The van der Waals surface area contributed by atoms with Crippen LogP contribution < -0.4 is 0 Å². The number of aromatic nitrogens is 3. The molecule has 0 bridgehead atoms. The SMILES string of the molecule is c1ccc(-c2nc(-c3ccc4ccccc4c3)nc(-c3ccc4cc(-c5ccc6ccccc6c5)ccc4c3)n2)cc1. The summed E-state index contributed by atoms with van der Waals surface area (Å²) in [6.07, 6.45) is 0. The van der Waals surface area contributed by atoms with Crippen molar-refractivity contribution in [1.82, 2.24) is 15.0 Å². The van der Waals surface area contributed by atoms with Crippen LogP contribution in [0.15, 0.2) is 152 Å². The van der Waals surface area contributed by atoms with E-state index >= 15 is 0 Å². The highest BCUT2D eigenvalue weighted by Crippen LogP contribution is 2.31. The number of benzene rings is 7. The van der Waals surface area contributed by atoms with Crippen molar-refractivity contribution in [3.63, 3.8) is 0 Å². The Morgan fingerprint density at radius 2 is 0.571 bits per heavy atom. The second kappa shape index (κ2) is 10.1. The second-order valence-corrected chi connectivity index (χ2v) is 10.6. The predicted molar refractivity (Wildman–Crippen MR) is 174 cm³/mol. The van der Waals surface area contributed by atoms with Crippen LogP contribution in [0, 0.1) is 0 Å². The van der Waals surface area contributed by atoms with Crippen LogP contribution in [0.3, 0.4) is 0 Å². The molecule has 1 aromatic heterocycles. The van der Waals surface area contributed by atoms with E-state index in [-0.39, 0.29) is 0 Å². The number of nitrogens with zero attached hydrogens (tertiary/aromatic N) is 3. The van der Waals surface area contributed by atoms with Gasteiger partial charge in [-0.3, -0.25) is 0 Å². The molecule has 3 heteroatoms. The minimum Gasteiger partial charge on any atom is -0.208 e. The van der Waals surface area contributed by atoms with E-state index in [9.17, 15) is 0 Å². The van der Waals surface area contributed by atoms with Crippen molar-refractivity contribution in [3.05, 3.63) is 152 Å². The monoisotopic (exact) mass is 535 g/mol. The first-order valence-electron chi connectivity index (χ1n) is 14.1. The van der Waals surface area contributed by atoms with Gasteiger partial charge in [0.1, 0.15) is 0 Å². The van der Waals surface area contributed by atoms with E-state index in [4.69, 9.17) is 15.0 Å². The molecule has 0 fully saturated rings. The maximum atomic E-state index is 4.98. The lowest BCUT2D eigenvalue weighted by Gasteiger charge is -2.10. The maximum absolute atomic E-state index is 4.98. The summed E-state index contributed by atoms with van der Waals surface area (Å²) in [6, 6.07) is 53.0. The third-order valence-electron chi connectivity index (χ3n) is 7.86. The number of hydrogen-bond acceptors (Lipinski definition) is 3. The molecule has 0 aliphatic heterocycles. The van der Waals surface area contributed by atoms with Gasteiger partial charge in [0.2, 0.25) is 0 Å². The smallest absolute Gasteiger partial charge is 0.164 e. The van der Waals surface area contributed by atoms with E-state index in [2.05, 4.69) is 121 Å². The Kier molecular flexibility index (Phi) is 5.79. The van der Waals surface area contributed by atoms with Gasteiger partial charge in [0.15, 0.2) is 17.5 Å². The Hall–Kier alpha value is -5.67. The molecule has 196 valence electrons. The van der Waals surface area contributed by atoms with Crippen molar-refractivity contribution in [2.75, 3.05) is 0 Å². The van der Waals surface area contributed by atoms with Gasteiger partial charge in [-0.2, -0.15) is 0 Å². The van der Waals surface area contributed by atoms with Gasteiger partial charge in [-0.1, -0.05) is 127 Å². The molecule has 8 rings (SSSR count). The molecule has 0 amide bonds. The van der Waals surface area contributed by atoms with Gasteiger partial charge >= 0.3 is 0 Å². The van der Waals surface area contributed by atoms with Crippen LogP contribution in [0.2, 0.25) is 0 Å². The summed E-state index contributed by atoms with van der Waals surface area (Å²) >= 11 is 0. The first-order valence-corrected chi connectivity index (χ1v) is 14.1. The molecular formula is C39H25N3. The van der Waals surface area contributed by atoms with Crippen LogP contribution in [-0.4, -0.2) is 15.0 Å². The van der Waals surface area contributed by atoms with Crippen molar-refractivity contribution in [3.8, 4) is 45.3 Å². The summed E-state index contributed by atoms with van der Waals surface area (Å²) in [4.78, 5) is 14.8. The zero-order valence-corrected chi connectivity index (χ0v) is 22.8. The van der Waals surface area contributed by atoms with E-state index in [1.165, 1.54) is 32.7 Å². The first kappa shape index (κ1) is 24.2. The van der Waals surface area contributed by atoms with Crippen LogP contribution in [0.1, 0.15) is 0 Å². The average molecular weight is 536 g/mol. The Labute approximate surface area is 243 Å². The minimum atomic E-state index is 0.660. The normalized spacial score (nSPS) is 11.3. The molecule has 1 heterocycles. The van der Waals surface area contributed by atoms with Gasteiger partial charge in [-0.05, 0) is 67.7 Å². The summed E-state index contributed by atoms with van der Waals surface area (Å²) in [5.41, 5.74) is 5.30. The largest absolute Gasteiger partial charge is 0.208 e. The molecule has 42 heavy (non-hydrogen) atoms. The molecule has 8 aromatic rings. The van der Waals surface area contributed by atoms with E-state index in [0.717, 1.165) is 27.5 Å². The highest BCUT2D eigenvalue weighted by Gasteiger charge is 2.13. The predicted octanol–water partition coefficient (Wildman–Crippen LogP) is 10.00. The number of hydrogen-bond donors (Lipinski definition) is 0. The zero-order chi connectivity index (χ0) is 27.9. The minimum absolute atomic E-state index is 0.660. The molecule has 0 saturated carbocycles.